The molecule has 1 aliphatic carbocycles. The molecule has 2 saturated heterocycles. The molecule has 4 rings (SSSR count). The Bertz CT molecular complexity index is 729. The summed E-state index contributed by atoms with van der Waals surface area (Å²) in [5.74, 6) is 1.08. The molecule has 0 bridgehead atoms. The number of amides is 1. The van der Waals surface area contributed by atoms with Crippen molar-refractivity contribution in [1.29, 1.82) is 0 Å². The molecule has 2 N–H and O–H groups in total. The second-order valence-corrected chi connectivity index (χ2v) is 8.76. The molecule has 3 atom stereocenters. The Morgan fingerprint density at radius 1 is 1.30 bits per heavy atom. The highest BCUT2D eigenvalue weighted by molar-refractivity contribution is 8.00. The summed E-state index contributed by atoms with van der Waals surface area (Å²) in [6, 6.07) is 7.75. The zero-order chi connectivity index (χ0) is 18.8. The highest BCUT2D eigenvalue weighted by Crippen LogP contribution is 2.32. The van der Waals surface area contributed by atoms with E-state index < -0.39 is 6.04 Å². The monoisotopic (exact) mass is 387 g/mol. The van der Waals surface area contributed by atoms with Gasteiger partial charge < -0.3 is 10.1 Å². The van der Waals surface area contributed by atoms with Gasteiger partial charge in [0.15, 0.2) is 0 Å². The molecule has 27 heavy (non-hydrogen) atoms. The zero-order valence-corrected chi connectivity index (χ0v) is 16.0. The quantitative estimate of drug-likeness (QED) is 0.458. The molecule has 0 radical (unpaired) electrons. The molecule has 144 valence electrons. The van der Waals surface area contributed by atoms with Crippen LogP contribution in [0.1, 0.15) is 30.4 Å². The number of likely N-dealkylation sites (tertiary alicyclic amines) is 1. The van der Waals surface area contributed by atoms with E-state index in [1.165, 1.54) is 29.1 Å². The maximum atomic E-state index is 13.0. The smallest absolute Gasteiger partial charge is 0.241 e. The molecule has 7 heteroatoms. The standard InChI is InChI=1S/C20H25N3O3S/c24-17(10-13-8-14-4-1-2-5-15(14)9-13)19-18(21-12-27-19)20(25)23-7-3-6-16(23)11-22-26/h1-2,4-5,11,13,16,18-19,21,26H,3,6-10,12H2/t16-,18-,19?/m0/s1. The van der Waals surface area contributed by atoms with Crippen molar-refractivity contribution in [3.05, 3.63) is 35.4 Å². The fraction of sp³-hybridized carbons (Fsp3) is 0.550. The summed E-state index contributed by atoms with van der Waals surface area (Å²) in [6.07, 6.45) is 5.54. The highest BCUT2D eigenvalue weighted by atomic mass is 32.2. The number of fused-ring (bicyclic) bond motifs is 1. The van der Waals surface area contributed by atoms with E-state index in [0.29, 0.717) is 24.8 Å². The van der Waals surface area contributed by atoms with Crippen molar-refractivity contribution in [3.63, 3.8) is 0 Å². The van der Waals surface area contributed by atoms with Crippen molar-refractivity contribution < 1.29 is 14.8 Å². The van der Waals surface area contributed by atoms with Crippen LogP contribution in [0.3, 0.4) is 0 Å². The number of ketones is 1. The van der Waals surface area contributed by atoms with Gasteiger partial charge in [-0.05, 0) is 42.7 Å². The lowest BCUT2D eigenvalue weighted by atomic mass is 9.95. The third kappa shape index (κ3) is 3.75. The van der Waals surface area contributed by atoms with Crippen LogP contribution in [0.25, 0.3) is 0 Å². The minimum Gasteiger partial charge on any atom is -0.411 e. The number of nitrogens with zero attached hydrogens (tertiary/aromatic N) is 2. The van der Waals surface area contributed by atoms with Crippen molar-refractivity contribution in [3.8, 4) is 0 Å². The molecule has 6 nitrogen and oxygen atoms in total. The fourth-order valence-corrected chi connectivity index (χ4v) is 5.74. The van der Waals surface area contributed by atoms with Gasteiger partial charge in [-0.2, -0.15) is 0 Å². The Hall–Kier alpha value is -1.86. The van der Waals surface area contributed by atoms with Crippen LogP contribution in [0.15, 0.2) is 29.4 Å². The lowest BCUT2D eigenvalue weighted by molar-refractivity contribution is -0.135. The van der Waals surface area contributed by atoms with Gasteiger partial charge in [0, 0.05) is 18.8 Å². The molecule has 0 saturated carbocycles. The van der Waals surface area contributed by atoms with Gasteiger partial charge in [-0.15, -0.1) is 11.8 Å². The molecule has 3 aliphatic rings. The third-order valence-electron chi connectivity index (χ3n) is 5.90. The molecular weight excluding hydrogens is 362 g/mol. The predicted octanol–water partition coefficient (Wildman–Crippen LogP) is 1.84. The van der Waals surface area contributed by atoms with Crippen LogP contribution in [0.5, 0.6) is 0 Å². The normalized spacial score (nSPS) is 28.1. The Kier molecular flexibility index (Phi) is 5.50. The number of hydrogen-bond donors (Lipinski definition) is 2. The van der Waals surface area contributed by atoms with E-state index in [1.54, 1.807) is 4.90 Å². The summed E-state index contributed by atoms with van der Waals surface area (Å²) in [7, 11) is 0. The van der Waals surface area contributed by atoms with Crippen molar-refractivity contribution in [1.82, 2.24) is 10.2 Å². The SMILES string of the molecule is O=C(CC1Cc2ccccc2C1)C1SCN[C@@H]1C(=O)N1CCC[C@H]1C=NO. The first kappa shape index (κ1) is 18.5. The number of hydrogen-bond acceptors (Lipinski definition) is 6. The molecule has 2 heterocycles. The average molecular weight is 388 g/mol. The molecule has 1 aromatic rings. The number of rotatable bonds is 5. The number of carbonyl (C=O) groups excluding carboxylic acids is 2. The van der Waals surface area contributed by atoms with Crippen molar-refractivity contribution >= 4 is 29.7 Å². The van der Waals surface area contributed by atoms with Crippen molar-refractivity contribution in [2.75, 3.05) is 12.4 Å². The number of benzene rings is 1. The first-order chi connectivity index (χ1) is 13.2. The summed E-state index contributed by atoms with van der Waals surface area (Å²) in [4.78, 5) is 27.8. The van der Waals surface area contributed by atoms with E-state index >= 15 is 0 Å². The molecule has 1 amide bonds. The van der Waals surface area contributed by atoms with Gasteiger partial charge in [-0.1, -0.05) is 29.4 Å². The topological polar surface area (TPSA) is 82.0 Å². The predicted molar refractivity (Wildman–Crippen MR) is 105 cm³/mol. The van der Waals surface area contributed by atoms with Crippen molar-refractivity contribution in [2.45, 2.75) is 49.4 Å². The number of thioether (sulfide) groups is 1. The van der Waals surface area contributed by atoms with Crippen molar-refractivity contribution in [2.24, 2.45) is 11.1 Å². The van der Waals surface area contributed by atoms with Crippen LogP contribution >= 0.6 is 11.8 Å². The van der Waals surface area contributed by atoms with Crippen LogP contribution in [0, 0.1) is 5.92 Å². The highest BCUT2D eigenvalue weighted by Gasteiger charge is 2.43. The number of carbonyl (C=O) groups is 2. The second-order valence-electron chi connectivity index (χ2n) is 7.63. The summed E-state index contributed by atoms with van der Waals surface area (Å²) < 4.78 is 0. The number of nitrogens with one attached hydrogen (secondary N) is 1. The van der Waals surface area contributed by atoms with Crippen LogP contribution in [-0.4, -0.2) is 57.8 Å². The molecule has 1 unspecified atom stereocenters. The Balaban J connectivity index is 1.39. The molecule has 2 fully saturated rings. The lowest BCUT2D eigenvalue weighted by Gasteiger charge is -2.27. The second kappa shape index (κ2) is 8.02. The van der Waals surface area contributed by atoms with Gasteiger partial charge in [0.25, 0.3) is 0 Å². The molecular formula is C20H25N3O3S. The van der Waals surface area contributed by atoms with Crippen LogP contribution in [-0.2, 0) is 22.4 Å². The van der Waals surface area contributed by atoms with Gasteiger partial charge in [-0.25, -0.2) is 0 Å². The third-order valence-corrected chi connectivity index (χ3v) is 7.13. The number of oxime groups is 1. The van der Waals surface area contributed by atoms with E-state index in [0.717, 1.165) is 25.7 Å². The summed E-state index contributed by atoms with van der Waals surface area (Å²) in [5.41, 5.74) is 2.70. The van der Waals surface area contributed by atoms with Gasteiger partial charge in [0.1, 0.15) is 11.8 Å². The largest absolute Gasteiger partial charge is 0.411 e. The van der Waals surface area contributed by atoms with Gasteiger partial charge >= 0.3 is 0 Å². The number of Topliss-reactive ketones (excluding diaryl/α,β-unsaturated/α-hetero) is 1. The van der Waals surface area contributed by atoms with E-state index in [2.05, 4.69) is 34.7 Å². The fourth-order valence-electron chi connectivity index (χ4n) is 4.60. The Labute approximate surface area is 163 Å². The van der Waals surface area contributed by atoms with E-state index in [1.807, 2.05) is 0 Å². The zero-order valence-electron chi connectivity index (χ0n) is 15.2. The van der Waals surface area contributed by atoms with Crippen LogP contribution in [0.2, 0.25) is 0 Å². The Morgan fingerprint density at radius 2 is 2.04 bits per heavy atom. The van der Waals surface area contributed by atoms with E-state index in [9.17, 15) is 9.59 Å². The van der Waals surface area contributed by atoms with Crippen LogP contribution < -0.4 is 5.32 Å². The van der Waals surface area contributed by atoms with Gasteiger partial charge in [-0.3, -0.25) is 14.9 Å². The lowest BCUT2D eigenvalue weighted by Crippen LogP contribution is -2.51. The average Bonchev–Trinajstić information content (AvgIpc) is 3.40. The minimum atomic E-state index is -0.473. The molecule has 0 spiro atoms. The molecule has 1 aromatic carbocycles. The summed E-state index contributed by atoms with van der Waals surface area (Å²) >= 11 is 1.54. The first-order valence-electron chi connectivity index (χ1n) is 9.60. The van der Waals surface area contributed by atoms with Crippen LogP contribution in [0.4, 0.5) is 0 Å². The minimum absolute atomic E-state index is 0.0459. The maximum Gasteiger partial charge on any atom is 0.241 e. The summed E-state index contributed by atoms with van der Waals surface area (Å²) in [5, 5.41) is 14.8. The summed E-state index contributed by atoms with van der Waals surface area (Å²) in [6.45, 7) is 0.650. The van der Waals surface area contributed by atoms with E-state index in [-0.39, 0.29) is 23.0 Å². The molecule has 0 aromatic heterocycles. The van der Waals surface area contributed by atoms with Gasteiger partial charge in [0.05, 0.1) is 17.5 Å². The molecule has 2 aliphatic heterocycles. The first-order valence-corrected chi connectivity index (χ1v) is 10.6. The Morgan fingerprint density at radius 3 is 2.74 bits per heavy atom. The van der Waals surface area contributed by atoms with Gasteiger partial charge in [0.2, 0.25) is 5.91 Å². The van der Waals surface area contributed by atoms with E-state index in [4.69, 9.17) is 5.21 Å². The maximum absolute atomic E-state index is 13.0.